The molecular formula is C19H15N3O2S2. The number of hydrogen-bond acceptors (Lipinski definition) is 5. The molecule has 0 saturated carbocycles. The van der Waals surface area contributed by atoms with E-state index in [0.29, 0.717) is 5.69 Å². The average molecular weight is 381 g/mol. The molecular weight excluding hydrogens is 366 g/mol. The number of aryl methyl sites for hydroxylation is 1. The van der Waals surface area contributed by atoms with Crippen LogP contribution in [0.4, 0.5) is 5.69 Å². The van der Waals surface area contributed by atoms with Crippen LogP contribution in [0.5, 0.6) is 0 Å². The zero-order valence-electron chi connectivity index (χ0n) is 13.9. The van der Waals surface area contributed by atoms with Gasteiger partial charge in [0.2, 0.25) is 0 Å². The monoisotopic (exact) mass is 381 g/mol. The molecule has 0 saturated heterocycles. The van der Waals surface area contributed by atoms with Crippen LogP contribution in [0.3, 0.4) is 0 Å². The van der Waals surface area contributed by atoms with Gasteiger partial charge in [0.05, 0.1) is 10.6 Å². The number of benzene rings is 2. The van der Waals surface area contributed by atoms with Crippen LogP contribution in [0.15, 0.2) is 71.8 Å². The number of pyridine rings is 1. The summed E-state index contributed by atoms with van der Waals surface area (Å²) in [5, 5.41) is 0.804. The molecule has 2 aromatic carbocycles. The highest BCUT2D eigenvalue weighted by Gasteiger charge is 2.16. The van der Waals surface area contributed by atoms with Gasteiger partial charge in [0.25, 0.3) is 10.0 Å². The second kappa shape index (κ2) is 6.51. The van der Waals surface area contributed by atoms with Crippen LogP contribution in [0, 0.1) is 6.92 Å². The second-order valence-electron chi connectivity index (χ2n) is 5.79. The van der Waals surface area contributed by atoms with Crippen molar-refractivity contribution in [1.82, 2.24) is 9.97 Å². The van der Waals surface area contributed by atoms with Gasteiger partial charge in [-0.05, 0) is 42.8 Å². The maximum absolute atomic E-state index is 12.6. The topological polar surface area (TPSA) is 72.0 Å². The Morgan fingerprint density at radius 2 is 1.81 bits per heavy atom. The third-order valence-corrected chi connectivity index (χ3v) is 6.36. The molecule has 130 valence electrons. The summed E-state index contributed by atoms with van der Waals surface area (Å²) in [5.74, 6) is 0. The standard InChI is InChI=1S/C19H15N3O2S2/c1-13-9-10-14(18-21-16-8-5-11-20-19(16)25-18)12-17(13)22-26(23,24)15-6-3-2-4-7-15/h2-12,22H,1H3. The SMILES string of the molecule is Cc1ccc(-c2nc3cccnc3s2)cc1NS(=O)(=O)c1ccccc1. The molecule has 0 unspecified atom stereocenters. The number of hydrogen-bond donors (Lipinski definition) is 1. The van der Waals surface area contributed by atoms with E-state index in [1.807, 2.05) is 37.3 Å². The van der Waals surface area contributed by atoms with E-state index in [1.165, 1.54) is 11.3 Å². The van der Waals surface area contributed by atoms with Gasteiger partial charge in [0.1, 0.15) is 15.4 Å². The molecule has 26 heavy (non-hydrogen) atoms. The molecule has 7 heteroatoms. The molecule has 4 aromatic rings. The summed E-state index contributed by atoms with van der Waals surface area (Å²) in [5.41, 5.74) is 3.06. The molecule has 2 heterocycles. The summed E-state index contributed by atoms with van der Waals surface area (Å²) in [6.45, 7) is 1.87. The minimum absolute atomic E-state index is 0.231. The van der Waals surface area contributed by atoms with Crippen LogP contribution in [-0.2, 0) is 10.0 Å². The number of sulfonamides is 1. The van der Waals surface area contributed by atoms with Gasteiger partial charge < -0.3 is 0 Å². The Kier molecular flexibility index (Phi) is 4.18. The first-order valence-corrected chi connectivity index (χ1v) is 10.2. The number of rotatable bonds is 4. The van der Waals surface area contributed by atoms with Crippen LogP contribution in [-0.4, -0.2) is 18.4 Å². The molecule has 0 radical (unpaired) electrons. The van der Waals surface area contributed by atoms with Crippen LogP contribution < -0.4 is 4.72 Å². The molecule has 4 rings (SSSR count). The number of anilines is 1. The molecule has 0 bridgehead atoms. The first-order valence-electron chi connectivity index (χ1n) is 7.93. The van der Waals surface area contributed by atoms with Crippen molar-refractivity contribution in [3.8, 4) is 10.6 Å². The molecule has 0 aliphatic rings. The van der Waals surface area contributed by atoms with Crippen molar-refractivity contribution >= 4 is 37.4 Å². The molecule has 0 fully saturated rings. The Hall–Kier alpha value is -2.77. The van der Waals surface area contributed by atoms with Gasteiger partial charge in [-0.1, -0.05) is 41.7 Å². The predicted molar refractivity (Wildman–Crippen MR) is 105 cm³/mol. The Labute approximate surface area is 155 Å². The smallest absolute Gasteiger partial charge is 0.261 e. The highest BCUT2D eigenvalue weighted by Crippen LogP contribution is 2.32. The molecule has 2 aromatic heterocycles. The molecule has 0 spiro atoms. The molecule has 0 aliphatic heterocycles. The van der Waals surface area contributed by atoms with Crippen molar-refractivity contribution < 1.29 is 8.42 Å². The van der Waals surface area contributed by atoms with Crippen molar-refractivity contribution in [2.75, 3.05) is 4.72 Å². The molecule has 0 aliphatic carbocycles. The van der Waals surface area contributed by atoms with Crippen LogP contribution in [0.25, 0.3) is 20.9 Å². The third kappa shape index (κ3) is 3.18. The molecule has 0 amide bonds. The normalized spacial score (nSPS) is 11.6. The third-order valence-electron chi connectivity index (χ3n) is 3.95. The van der Waals surface area contributed by atoms with E-state index in [9.17, 15) is 8.42 Å². The summed E-state index contributed by atoms with van der Waals surface area (Å²) in [6, 6.07) is 17.7. The highest BCUT2D eigenvalue weighted by molar-refractivity contribution is 7.92. The van der Waals surface area contributed by atoms with Gasteiger partial charge in [0.15, 0.2) is 0 Å². The fourth-order valence-electron chi connectivity index (χ4n) is 2.56. The molecule has 5 nitrogen and oxygen atoms in total. The maximum Gasteiger partial charge on any atom is 0.261 e. The zero-order valence-corrected chi connectivity index (χ0v) is 15.5. The number of nitrogens with zero attached hydrogens (tertiary/aromatic N) is 2. The number of fused-ring (bicyclic) bond motifs is 1. The van der Waals surface area contributed by atoms with Crippen LogP contribution in [0.1, 0.15) is 5.56 Å². The van der Waals surface area contributed by atoms with Gasteiger partial charge >= 0.3 is 0 Å². The summed E-state index contributed by atoms with van der Waals surface area (Å²) in [4.78, 5) is 9.98. The summed E-state index contributed by atoms with van der Waals surface area (Å²) in [6.07, 6.45) is 1.73. The van der Waals surface area contributed by atoms with Crippen molar-refractivity contribution in [3.05, 3.63) is 72.4 Å². The summed E-state index contributed by atoms with van der Waals surface area (Å²) < 4.78 is 27.9. The Morgan fingerprint density at radius 3 is 2.58 bits per heavy atom. The Bertz CT molecular complexity index is 1150. The minimum atomic E-state index is -3.64. The molecule has 1 N–H and O–H groups in total. The first-order chi connectivity index (χ1) is 12.5. The van der Waals surface area contributed by atoms with Gasteiger partial charge in [-0.15, -0.1) is 0 Å². The Balaban J connectivity index is 1.73. The van der Waals surface area contributed by atoms with E-state index >= 15 is 0 Å². The lowest BCUT2D eigenvalue weighted by Gasteiger charge is -2.11. The molecule has 0 atom stereocenters. The Morgan fingerprint density at radius 1 is 1.00 bits per heavy atom. The van der Waals surface area contributed by atoms with Crippen LogP contribution in [0.2, 0.25) is 0 Å². The van der Waals surface area contributed by atoms with Crippen molar-refractivity contribution in [3.63, 3.8) is 0 Å². The van der Waals surface area contributed by atoms with Gasteiger partial charge in [-0.25, -0.2) is 18.4 Å². The highest BCUT2D eigenvalue weighted by atomic mass is 32.2. The van der Waals surface area contributed by atoms with Gasteiger partial charge in [-0.3, -0.25) is 4.72 Å². The van der Waals surface area contributed by atoms with Crippen LogP contribution >= 0.6 is 11.3 Å². The van der Waals surface area contributed by atoms with Gasteiger partial charge in [-0.2, -0.15) is 0 Å². The maximum atomic E-state index is 12.6. The first kappa shape index (κ1) is 16.7. The summed E-state index contributed by atoms with van der Waals surface area (Å²) >= 11 is 1.48. The lowest BCUT2D eigenvalue weighted by atomic mass is 10.1. The number of thiazole rings is 1. The zero-order chi connectivity index (χ0) is 18.1. The second-order valence-corrected chi connectivity index (χ2v) is 8.45. The lowest BCUT2D eigenvalue weighted by molar-refractivity contribution is 0.601. The van der Waals surface area contributed by atoms with E-state index in [-0.39, 0.29) is 4.90 Å². The van der Waals surface area contributed by atoms with Crippen molar-refractivity contribution in [2.45, 2.75) is 11.8 Å². The lowest BCUT2D eigenvalue weighted by Crippen LogP contribution is -2.13. The number of aromatic nitrogens is 2. The quantitative estimate of drug-likeness (QED) is 0.566. The van der Waals surface area contributed by atoms with Gasteiger partial charge in [0, 0.05) is 11.8 Å². The van der Waals surface area contributed by atoms with E-state index in [1.54, 1.807) is 36.5 Å². The van der Waals surface area contributed by atoms with E-state index < -0.39 is 10.0 Å². The van der Waals surface area contributed by atoms with E-state index in [4.69, 9.17) is 0 Å². The van der Waals surface area contributed by atoms with Crippen molar-refractivity contribution in [2.24, 2.45) is 0 Å². The average Bonchev–Trinajstić information content (AvgIpc) is 3.08. The largest absolute Gasteiger partial charge is 0.279 e. The number of nitrogens with one attached hydrogen (secondary N) is 1. The van der Waals surface area contributed by atoms with E-state index in [0.717, 1.165) is 26.5 Å². The summed E-state index contributed by atoms with van der Waals surface area (Å²) in [7, 11) is -3.64. The minimum Gasteiger partial charge on any atom is -0.279 e. The fourth-order valence-corrected chi connectivity index (χ4v) is 4.61. The predicted octanol–water partition coefficient (Wildman–Crippen LogP) is 4.47. The van der Waals surface area contributed by atoms with E-state index in [2.05, 4.69) is 14.7 Å². The van der Waals surface area contributed by atoms with Crippen molar-refractivity contribution in [1.29, 1.82) is 0 Å². The fraction of sp³-hybridized carbons (Fsp3) is 0.0526.